The smallest absolute Gasteiger partial charge is 0.263 e. The van der Waals surface area contributed by atoms with Crippen LogP contribution in [0.2, 0.25) is 0 Å². The van der Waals surface area contributed by atoms with Gasteiger partial charge in [0.25, 0.3) is 10.0 Å². The molecule has 104 valence electrons. The minimum Gasteiger partial charge on any atom is -0.263 e. The molecule has 0 amide bonds. The van der Waals surface area contributed by atoms with E-state index in [0.29, 0.717) is 17.6 Å². The van der Waals surface area contributed by atoms with Crippen LogP contribution in [-0.2, 0) is 10.0 Å². The highest BCUT2D eigenvalue weighted by molar-refractivity contribution is 7.92. The van der Waals surface area contributed by atoms with Gasteiger partial charge in [-0.15, -0.1) is 0 Å². The van der Waals surface area contributed by atoms with Gasteiger partial charge in [-0.05, 0) is 31.9 Å². The molecule has 2 aromatic rings. The Hall–Kier alpha value is -2.02. The van der Waals surface area contributed by atoms with Crippen molar-refractivity contribution in [2.45, 2.75) is 30.6 Å². The van der Waals surface area contributed by atoms with Crippen LogP contribution in [0.15, 0.2) is 35.5 Å². The van der Waals surface area contributed by atoms with E-state index in [2.05, 4.69) is 19.7 Å². The van der Waals surface area contributed by atoms with Crippen LogP contribution in [0, 0.1) is 6.92 Å². The quantitative estimate of drug-likeness (QED) is 0.929. The van der Waals surface area contributed by atoms with Gasteiger partial charge in [0.05, 0.1) is 0 Å². The van der Waals surface area contributed by atoms with E-state index in [1.807, 2.05) is 0 Å². The van der Waals surface area contributed by atoms with Crippen molar-refractivity contribution < 1.29 is 8.42 Å². The number of hydrogen-bond donors (Lipinski definition) is 1. The number of rotatable bonds is 4. The van der Waals surface area contributed by atoms with Gasteiger partial charge in [0.2, 0.25) is 0 Å². The molecule has 0 aromatic carbocycles. The summed E-state index contributed by atoms with van der Waals surface area (Å²) in [5.41, 5.74) is 0.904. The molecule has 2 heterocycles. The van der Waals surface area contributed by atoms with E-state index >= 15 is 0 Å². The first-order chi connectivity index (χ1) is 9.54. The van der Waals surface area contributed by atoms with Gasteiger partial charge in [0, 0.05) is 30.1 Å². The Kier molecular flexibility index (Phi) is 3.13. The summed E-state index contributed by atoms with van der Waals surface area (Å²) in [4.78, 5) is 12.4. The van der Waals surface area contributed by atoms with E-state index in [1.54, 1.807) is 19.1 Å². The highest BCUT2D eigenvalue weighted by Crippen LogP contribution is 2.39. The molecule has 1 fully saturated rings. The summed E-state index contributed by atoms with van der Waals surface area (Å²) in [5.74, 6) is 1.32. The number of pyridine rings is 1. The molecule has 0 atom stereocenters. The normalized spacial score (nSPS) is 15.1. The second-order valence-corrected chi connectivity index (χ2v) is 6.48. The van der Waals surface area contributed by atoms with Gasteiger partial charge in [0.15, 0.2) is 0 Å². The minimum atomic E-state index is -3.65. The number of aryl methyl sites for hydroxylation is 1. The Labute approximate surface area is 117 Å². The predicted octanol–water partition coefficient (Wildman–Crippen LogP) is 1.86. The average Bonchev–Trinajstić information content (AvgIpc) is 3.23. The lowest BCUT2D eigenvalue weighted by atomic mass is 10.3. The summed E-state index contributed by atoms with van der Waals surface area (Å²) in [7, 11) is -3.65. The second-order valence-electron chi connectivity index (χ2n) is 4.79. The van der Waals surface area contributed by atoms with Gasteiger partial charge < -0.3 is 0 Å². The van der Waals surface area contributed by atoms with E-state index in [-0.39, 0.29) is 4.90 Å². The third-order valence-electron chi connectivity index (χ3n) is 3.04. The Morgan fingerprint density at radius 3 is 2.75 bits per heavy atom. The molecule has 6 nitrogen and oxygen atoms in total. The second kappa shape index (κ2) is 4.82. The van der Waals surface area contributed by atoms with E-state index in [4.69, 9.17) is 0 Å². The van der Waals surface area contributed by atoms with Crippen LogP contribution in [0.4, 0.5) is 5.82 Å². The van der Waals surface area contributed by atoms with Crippen LogP contribution in [0.3, 0.4) is 0 Å². The van der Waals surface area contributed by atoms with Gasteiger partial charge in [-0.25, -0.2) is 18.4 Å². The number of nitrogens with zero attached hydrogens (tertiary/aromatic N) is 3. The largest absolute Gasteiger partial charge is 0.264 e. The third kappa shape index (κ3) is 2.77. The monoisotopic (exact) mass is 290 g/mol. The zero-order valence-corrected chi connectivity index (χ0v) is 11.8. The molecule has 0 unspecified atom stereocenters. The zero-order valence-electron chi connectivity index (χ0n) is 10.9. The summed E-state index contributed by atoms with van der Waals surface area (Å²) in [6, 6.07) is 4.78. The Balaban J connectivity index is 1.91. The zero-order chi connectivity index (χ0) is 14.2. The van der Waals surface area contributed by atoms with E-state index < -0.39 is 10.0 Å². The van der Waals surface area contributed by atoms with Gasteiger partial charge in [-0.1, -0.05) is 0 Å². The van der Waals surface area contributed by atoms with Crippen LogP contribution in [-0.4, -0.2) is 23.4 Å². The standard InChI is InChI=1S/C13H14N4O2S/c1-9-15-12(10-4-5-10)7-13(16-9)17-20(18,19)11-3-2-6-14-8-11/h2-3,6-8,10H,4-5H2,1H3,(H,15,16,17). The Morgan fingerprint density at radius 1 is 1.30 bits per heavy atom. The molecule has 0 bridgehead atoms. The first-order valence-electron chi connectivity index (χ1n) is 6.33. The van der Waals surface area contributed by atoms with E-state index in [0.717, 1.165) is 18.5 Å². The van der Waals surface area contributed by atoms with Crippen molar-refractivity contribution in [2.24, 2.45) is 0 Å². The first kappa shape index (κ1) is 13.0. The average molecular weight is 290 g/mol. The molecule has 0 aliphatic heterocycles. The molecule has 1 N–H and O–H groups in total. The molecule has 7 heteroatoms. The topological polar surface area (TPSA) is 84.8 Å². The van der Waals surface area contributed by atoms with Crippen molar-refractivity contribution >= 4 is 15.8 Å². The highest BCUT2D eigenvalue weighted by Gasteiger charge is 2.26. The van der Waals surface area contributed by atoms with Crippen molar-refractivity contribution in [1.29, 1.82) is 0 Å². The van der Waals surface area contributed by atoms with Crippen LogP contribution in [0.1, 0.15) is 30.3 Å². The maximum atomic E-state index is 12.2. The molecule has 20 heavy (non-hydrogen) atoms. The SMILES string of the molecule is Cc1nc(NS(=O)(=O)c2cccnc2)cc(C2CC2)n1. The molecule has 0 spiro atoms. The van der Waals surface area contributed by atoms with E-state index in [1.165, 1.54) is 18.5 Å². The number of nitrogens with one attached hydrogen (secondary N) is 1. The van der Waals surface area contributed by atoms with Gasteiger partial charge >= 0.3 is 0 Å². The lowest BCUT2D eigenvalue weighted by Gasteiger charge is -2.09. The Morgan fingerprint density at radius 2 is 2.10 bits per heavy atom. The van der Waals surface area contributed by atoms with E-state index in [9.17, 15) is 8.42 Å². The van der Waals surface area contributed by atoms with Crippen molar-refractivity contribution in [2.75, 3.05) is 4.72 Å². The summed E-state index contributed by atoms with van der Waals surface area (Å²) in [6.07, 6.45) is 5.04. The summed E-state index contributed by atoms with van der Waals surface area (Å²) in [6.45, 7) is 1.76. The fraction of sp³-hybridized carbons (Fsp3) is 0.308. The molecular formula is C13H14N4O2S. The number of aromatic nitrogens is 3. The number of anilines is 1. The lowest BCUT2D eigenvalue weighted by molar-refractivity contribution is 0.600. The van der Waals surface area contributed by atoms with Crippen LogP contribution in [0.25, 0.3) is 0 Å². The summed E-state index contributed by atoms with van der Waals surface area (Å²) in [5, 5.41) is 0. The number of hydrogen-bond acceptors (Lipinski definition) is 5. The number of sulfonamides is 1. The molecule has 2 aromatic heterocycles. The fourth-order valence-electron chi connectivity index (χ4n) is 1.93. The molecule has 1 saturated carbocycles. The molecule has 0 radical (unpaired) electrons. The first-order valence-corrected chi connectivity index (χ1v) is 7.81. The Bertz CT molecular complexity index is 727. The van der Waals surface area contributed by atoms with Gasteiger partial charge in [-0.3, -0.25) is 9.71 Å². The van der Waals surface area contributed by atoms with Crippen molar-refractivity contribution in [1.82, 2.24) is 15.0 Å². The summed E-state index contributed by atoms with van der Waals surface area (Å²) >= 11 is 0. The molecule has 1 aliphatic carbocycles. The van der Waals surface area contributed by atoms with Crippen molar-refractivity contribution in [3.05, 3.63) is 42.1 Å². The summed E-state index contributed by atoms with van der Waals surface area (Å²) < 4.78 is 26.9. The van der Waals surface area contributed by atoms with Crippen LogP contribution in [0.5, 0.6) is 0 Å². The van der Waals surface area contributed by atoms with Crippen molar-refractivity contribution in [3.63, 3.8) is 0 Å². The molecule has 1 aliphatic rings. The predicted molar refractivity (Wildman–Crippen MR) is 73.8 cm³/mol. The maximum Gasteiger partial charge on any atom is 0.264 e. The van der Waals surface area contributed by atoms with Crippen LogP contribution >= 0.6 is 0 Å². The highest BCUT2D eigenvalue weighted by atomic mass is 32.2. The molecule has 3 rings (SSSR count). The fourth-order valence-corrected chi connectivity index (χ4v) is 2.89. The minimum absolute atomic E-state index is 0.115. The maximum absolute atomic E-state index is 12.2. The molecule has 0 saturated heterocycles. The van der Waals surface area contributed by atoms with Crippen molar-refractivity contribution in [3.8, 4) is 0 Å². The van der Waals surface area contributed by atoms with Gasteiger partial charge in [-0.2, -0.15) is 0 Å². The third-order valence-corrected chi connectivity index (χ3v) is 4.38. The van der Waals surface area contributed by atoms with Crippen LogP contribution < -0.4 is 4.72 Å². The lowest BCUT2D eigenvalue weighted by Crippen LogP contribution is -2.15. The molecular weight excluding hydrogens is 276 g/mol. The van der Waals surface area contributed by atoms with Gasteiger partial charge in [0.1, 0.15) is 16.5 Å².